The minimum absolute atomic E-state index is 0.145. The van der Waals surface area contributed by atoms with Gasteiger partial charge >= 0.3 is 5.97 Å². The second-order valence-corrected chi connectivity index (χ2v) is 5.77. The van der Waals surface area contributed by atoms with E-state index in [4.69, 9.17) is 0 Å². The first-order valence-electron chi connectivity index (χ1n) is 7.15. The quantitative estimate of drug-likeness (QED) is 0.786. The van der Waals surface area contributed by atoms with E-state index in [1.54, 1.807) is 4.90 Å². The summed E-state index contributed by atoms with van der Waals surface area (Å²) in [5.74, 6) is -0.561. The van der Waals surface area contributed by atoms with Crippen LogP contribution in [0.5, 0.6) is 0 Å². The molecule has 2 aliphatic rings. The zero-order valence-corrected chi connectivity index (χ0v) is 11.0. The Hall–Kier alpha value is -1.06. The molecule has 102 valence electrons. The van der Waals surface area contributed by atoms with Crippen LogP contribution in [0.15, 0.2) is 0 Å². The lowest BCUT2D eigenvalue weighted by molar-refractivity contribution is -0.153. The van der Waals surface area contributed by atoms with Gasteiger partial charge in [0, 0.05) is 19.5 Å². The van der Waals surface area contributed by atoms with Crippen molar-refractivity contribution in [2.45, 2.75) is 57.8 Å². The second kappa shape index (κ2) is 5.72. The summed E-state index contributed by atoms with van der Waals surface area (Å²) in [7, 11) is 0. The molecule has 2 fully saturated rings. The van der Waals surface area contributed by atoms with Gasteiger partial charge in [-0.05, 0) is 25.7 Å². The summed E-state index contributed by atoms with van der Waals surface area (Å²) in [6.45, 7) is 1.18. The first kappa shape index (κ1) is 13.4. The van der Waals surface area contributed by atoms with Crippen LogP contribution in [0.3, 0.4) is 0 Å². The van der Waals surface area contributed by atoms with E-state index in [2.05, 4.69) is 0 Å². The summed E-state index contributed by atoms with van der Waals surface area (Å²) in [6.07, 6.45) is 8.24. The number of amides is 1. The van der Waals surface area contributed by atoms with Gasteiger partial charge in [0.1, 0.15) is 0 Å². The van der Waals surface area contributed by atoms with Crippen molar-refractivity contribution in [1.82, 2.24) is 4.90 Å². The van der Waals surface area contributed by atoms with E-state index >= 15 is 0 Å². The number of carboxylic acid groups (broad SMARTS) is 1. The van der Waals surface area contributed by atoms with Crippen molar-refractivity contribution in [2.24, 2.45) is 5.41 Å². The highest BCUT2D eigenvalue weighted by molar-refractivity contribution is 5.79. The molecule has 1 heterocycles. The maximum Gasteiger partial charge on any atom is 0.311 e. The van der Waals surface area contributed by atoms with Crippen molar-refractivity contribution >= 4 is 11.9 Å². The molecule has 1 N–H and O–H groups in total. The lowest BCUT2D eigenvalue weighted by Crippen LogP contribution is -2.47. The number of carbonyl (C=O) groups is 2. The SMILES string of the molecule is O=C1CCCCN1CC1(C(=O)O)CCCCCC1. The Morgan fingerprint density at radius 2 is 1.78 bits per heavy atom. The average molecular weight is 253 g/mol. The lowest BCUT2D eigenvalue weighted by atomic mass is 9.79. The molecule has 2 rings (SSSR count). The van der Waals surface area contributed by atoms with Gasteiger partial charge in [-0.3, -0.25) is 9.59 Å². The van der Waals surface area contributed by atoms with Gasteiger partial charge in [0.25, 0.3) is 0 Å². The molecule has 0 aromatic carbocycles. The Bertz CT molecular complexity index is 319. The number of carbonyl (C=O) groups excluding carboxylic acids is 1. The van der Waals surface area contributed by atoms with Crippen LogP contribution in [-0.4, -0.2) is 35.0 Å². The van der Waals surface area contributed by atoms with Crippen LogP contribution in [0.4, 0.5) is 0 Å². The molecule has 0 radical (unpaired) electrons. The Labute approximate surface area is 108 Å². The predicted octanol–water partition coefficient (Wildman–Crippen LogP) is 2.42. The molecule has 0 atom stereocenters. The zero-order chi connectivity index (χ0) is 13.0. The third kappa shape index (κ3) is 2.85. The van der Waals surface area contributed by atoms with E-state index in [1.165, 1.54) is 0 Å². The normalized spacial score (nSPS) is 24.7. The Morgan fingerprint density at radius 1 is 1.11 bits per heavy atom. The van der Waals surface area contributed by atoms with Crippen LogP contribution in [-0.2, 0) is 9.59 Å². The van der Waals surface area contributed by atoms with Crippen LogP contribution < -0.4 is 0 Å². The number of piperidine rings is 1. The van der Waals surface area contributed by atoms with Gasteiger partial charge in [0.05, 0.1) is 5.41 Å². The molecular formula is C14H23NO3. The third-order valence-electron chi connectivity index (χ3n) is 4.43. The monoisotopic (exact) mass is 253 g/mol. The van der Waals surface area contributed by atoms with Crippen molar-refractivity contribution in [3.63, 3.8) is 0 Å². The Morgan fingerprint density at radius 3 is 2.33 bits per heavy atom. The summed E-state index contributed by atoms with van der Waals surface area (Å²) in [5.41, 5.74) is -0.677. The highest BCUT2D eigenvalue weighted by atomic mass is 16.4. The summed E-state index contributed by atoms with van der Waals surface area (Å²) in [5, 5.41) is 9.59. The minimum Gasteiger partial charge on any atom is -0.481 e. The largest absolute Gasteiger partial charge is 0.481 e. The van der Waals surface area contributed by atoms with Gasteiger partial charge in [0.15, 0.2) is 0 Å². The first-order chi connectivity index (χ1) is 8.64. The topological polar surface area (TPSA) is 57.6 Å². The maximum absolute atomic E-state index is 11.9. The molecule has 1 aliphatic carbocycles. The fourth-order valence-electron chi connectivity index (χ4n) is 3.24. The molecule has 0 unspecified atom stereocenters. The van der Waals surface area contributed by atoms with Crippen molar-refractivity contribution in [1.29, 1.82) is 0 Å². The summed E-state index contributed by atoms with van der Waals surface area (Å²) in [4.78, 5) is 25.3. The van der Waals surface area contributed by atoms with Gasteiger partial charge in [-0.2, -0.15) is 0 Å². The molecule has 1 saturated carbocycles. The number of hydrogen-bond donors (Lipinski definition) is 1. The van der Waals surface area contributed by atoms with Crippen LogP contribution in [0.25, 0.3) is 0 Å². The van der Waals surface area contributed by atoms with E-state index in [0.717, 1.165) is 57.9 Å². The molecule has 0 spiro atoms. The fraction of sp³-hybridized carbons (Fsp3) is 0.857. The van der Waals surface area contributed by atoms with Crippen LogP contribution >= 0.6 is 0 Å². The molecule has 18 heavy (non-hydrogen) atoms. The Kier molecular flexibility index (Phi) is 4.25. The third-order valence-corrected chi connectivity index (χ3v) is 4.43. The van der Waals surface area contributed by atoms with Gasteiger partial charge in [-0.15, -0.1) is 0 Å². The van der Waals surface area contributed by atoms with Gasteiger partial charge < -0.3 is 10.0 Å². The van der Waals surface area contributed by atoms with Crippen molar-refractivity contribution in [3.05, 3.63) is 0 Å². The highest BCUT2D eigenvalue weighted by Crippen LogP contribution is 2.36. The van der Waals surface area contributed by atoms with E-state index in [0.29, 0.717) is 13.0 Å². The Balaban J connectivity index is 2.09. The zero-order valence-electron chi connectivity index (χ0n) is 11.0. The molecule has 0 aromatic heterocycles. The maximum atomic E-state index is 11.9. The van der Waals surface area contributed by atoms with Gasteiger partial charge in [0.2, 0.25) is 5.91 Å². The van der Waals surface area contributed by atoms with E-state index in [9.17, 15) is 14.7 Å². The molecule has 1 saturated heterocycles. The number of hydrogen-bond acceptors (Lipinski definition) is 2. The van der Waals surface area contributed by atoms with Crippen molar-refractivity contribution < 1.29 is 14.7 Å². The number of carboxylic acids is 1. The molecule has 1 aliphatic heterocycles. The van der Waals surface area contributed by atoms with Crippen LogP contribution in [0.1, 0.15) is 57.8 Å². The number of rotatable bonds is 3. The van der Waals surface area contributed by atoms with Crippen LogP contribution in [0.2, 0.25) is 0 Å². The van der Waals surface area contributed by atoms with Crippen molar-refractivity contribution in [2.75, 3.05) is 13.1 Å². The second-order valence-electron chi connectivity index (χ2n) is 5.77. The minimum atomic E-state index is -0.706. The fourth-order valence-corrected chi connectivity index (χ4v) is 3.24. The van der Waals surface area contributed by atoms with Gasteiger partial charge in [-0.1, -0.05) is 25.7 Å². The molecule has 4 nitrogen and oxygen atoms in total. The summed E-state index contributed by atoms with van der Waals surface area (Å²) < 4.78 is 0. The summed E-state index contributed by atoms with van der Waals surface area (Å²) in [6, 6.07) is 0. The number of likely N-dealkylation sites (tertiary alicyclic amines) is 1. The van der Waals surface area contributed by atoms with E-state index in [-0.39, 0.29) is 5.91 Å². The predicted molar refractivity (Wildman–Crippen MR) is 68.2 cm³/mol. The molecule has 1 amide bonds. The molecular weight excluding hydrogens is 230 g/mol. The molecule has 0 aromatic rings. The molecule has 4 heteroatoms. The lowest BCUT2D eigenvalue weighted by Gasteiger charge is -2.36. The first-order valence-corrected chi connectivity index (χ1v) is 7.15. The average Bonchev–Trinajstić information content (AvgIpc) is 2.59. The van der Waals surface area contributed by atoms with E-state index < -0.39 is 11.4 Å². The van der Waals surface area contributed by atoms with E-state index in [1.807, 2.05) is 0 Å². The smallest absolute Gasteiger partial charge is 0.311 e. The number of nitrogens with zero attached hydrogens (tertiary/aromatic N) is 1. The highest BCUT2D eigenvalue weighted by Gasteiger charge is 2.41. The standard InChI is InChI=1S/C14H23NO3/c16-12-7-3-6-10-15(12)11-14(13(17)18)8-4-1-2-5-9-14/h1-11H2,(H,17,18). The summed E-state index contributed by atoms with van der Waals surface area (Å²) >= 11 is 0. The van der Waals surface area contributed by atoms with Gasteiger partial charge in [-0.25, -0.2) is 0 Å². The van der Waals surface area contributed by atoms with Crippen molar-refractivity contribution in [3.8, 4) is 0 Å². The van der Waals surface area contributed by atoms with Crippen LogP contribution in [0, 0.1) is 5.41 Å². The number of aliphatic carboxylic acids is 1. The molecule has 0 bridgehead atoms.